The molecule has 0 saturated heterocycles. The van der Waals surface area contributed by atoms with E-state index in [1.54, 1.807) is 11.3 Å². The van der Waals surface area contributed by atoms with Gasteiger partial charge in [0, 0.05) is 13.6 Å². The first-order valence-corrected chi connectivity index (χ1v) is 6.46. The van der Waals surface area contributed by atoms with Crippen molar-refractivity contribution < 1.29 is 0 Å². The molecular formula is C11H17N5S. The molecule has 6 heteroatoms. The van der Waals surface area contributed by atoms with Crippen LogP contribution >= 0.6 is 11.3 Å². The van der Waals surface area contributed by atoms with E-state index in [0.29, 0.717) is 5.92 Å². The Morgan fingerprint density at radius 3 is 2.76 bits per heavy atom. The Kier molecular flexibility index (Phi) is 3.42. The average Bonchev–Trinajstić information content (AvgIpc) is 2.82. The van der Waals surface area contributed by atoms with E-state index in [1.165, 1.54) is 0 Å². The molecule has 0 aliphatic rings. The van der Waals surface area contributed by atoms with E-state index < -0.39 is 0 Å². The summed E-state index contributed by atoms with van der Waals surface area (Å²) in [6.45, 7) is 7.22. The molecule has 0 aliphatic carbocycles. The number of nitrogens with zero attached hydrogens (tertiary/aromatic N) is 4. The smallest absolute Gasteiger partial charge is 0.206 e. The third-order valence-electron chi connectivity index (χ3n) is 2.31. The second-order valence-electron chi connectivity index (χ2n) is 4.48. The summed E-state index contributed by atoms with van der Waals surface area (Å²) in [5, 5.41) is 17.7. The Morgan fingerprint density at radius 2 is 2.18 bits per heavy atom. The highest BCUT2D eigenvalue weighted by Crippen LogP contribution is 2.26. The number of rotatable bonds is 4. The van der Waals surface area contributed by atoms with Crippen molar-refractivity contribution in [1.82, 2.24) is 20.0 Å². The van der Waals surface area contributed by atoms with Crippen LogP contribution in [-0.2, 0) is 7.05 Å². The minimum atomic E-state index is 0.598. The molecule has 2 rings (SSSR count). The molecule has 0 aliphatic heterocycles. The standard InChI is InChI=1S/C11H17N5S/c1-7(2)6-12-11-14-13-10(17-11)9-5-8(3)15-16(9)4/h5,7H,6H2,1-4H3,(H,12,14). The minimum absolute atomic E-state index is 0.598. The van der Waals surface area contributed by atoms with Crippen molar-refractivity contribution in [1.29, 1.82) is 0 Å². The monoisotopic (exact) mass is 251 g/mol. The molecule has 0 spiro atoms. The molecule has 0 fully saturated rings. The lowest BCUT2D eigenvalue weighted by molar-refractivity contribution is 0.687. The summed E-state index contributed by atoms with van der Waals surface area (Å²) in [6.07, 6.45) is 0. The van der Waals surface area contributed by atoms with Gasteiger partial charge in [-0.15, -0.1) is 10.2 Å². The minimum Gasteiger partial charge on any atom is -0.360 e. The fraction of sp³-hybridized carbons (Fsp3) is 0.545. The van der Waals surface area contributed by atoms with E-state index >= 15 is 0 Å². The van der Waals surface area contributed by atoms with Crippen LogP contribution < -0.4 is 5.32 Å². The van der Waals surface area contributed by atoms with Gasteiger partial charge in [0.05, 0.1) is 11.4 Å². The molecule has 0 saturated carbocycles. The predicted octanol–water partition coefficient (Wildman–Crippen LogP) is 2.31. The summed E-state index contributed by atoms with van der Waals surface area (Å²) in [5.74, 6) is 0.598. The molecule has 2 aromatic heterocycles. The van der Waals surface area contributed by atoms with Gasteiger partial charge in [0.25, 0.3) is 0 Å². The molecule has 2 heterocycles. The predicted molar refractivity (Wildman–Crippen MR) is 70.2 cm³/mol. The maximum absolute atomic E-state index is 4.31. The first-order valence-electron chi connectivity index (χ1n) is 5.64. The second-order valence-corrected chi connectivity index (χ2v) is 5.46. The van der Waals surface area contributed by atoms with Crippen LogP contribution in [0.5, 0.6) is 0 Å². The first-order chi connectivity index (χ1) is 8.06. The van der Waals surface area contributed by atoms with E-state index in [-0.39, 0.29) is 0 Å². The molecule has 0 bridgehead atoms. The number of anilines is 1. The lowest BCUT2D eigenvalue weighted by Gasteiger charge is -2.03. The van der Waals surface area contributed by atoms with E-state index in [9.17, 15) is 0 Å². The van der Waals surface area contributed by atoms with Gasteiger partial charge < -0.3 is 5.32 Å². The second kappa shape index (κ2) is 4.83. The fourth-order valence-corrected chi connectivity index (χ4v) is 2.30. The third kappa shape index (κ3) is 2.82. The van der Waals surface area contributed by atoms with Crippen LogP contribution in [0.25, 0.3) is 10.7 Å². The number of hydrogen-bond donors (Lipinski definition) is 1. The van der Waals surface area contributed by atoms with Gasteiger partial charge in [-0.05, 0) is 18.9 Å². The molecule has 0 atom stereocenters. The molecule has 92 valence electrons. The quantitative estimate of drug-likeness (QED) is 0.906. The van der Waals surface area contributed by atoms with Gasteiger partial charge in [0.2, 0.25) is 5.13 Å². The Morgan fingerprint density at radius 1 is 1.41 bits per heavy atom. The van der Waals surface area contributed by atoms with Crippen LogP contribution in [-0.4, -0.2) is 26.5 Å². The molecule has 0 radical (unpaired) electrons. The van der Waals surface area contributed by atoms with Gasteiger partial charge in [0.1, 0.15) is 0 Å². The van der Waals surface area contributed by atoms with E-state index in [1.807, 2.05) is 24.7 Å². The SMILES string of the molecule is Cc1cc(-c2nnc(NCC(C)C)s2)n(C)n1. The summed E-state index contributed by atoms with van der Waals surface area (Å²) < 4.78 is 1.84. The molecule has 1 N–H and O–H groups in total. The Bertz CT molecular complexity index is 500. The lowest BCUT2D eigenvalue weighted by Crippen LogP contribution is -2.07. The summed E-state index contributed by atoms with van der Waals surface area (Å²) in [4.78, 5) is 0. The zero-order valence-electron chi connectivity index (χ0n) is 10.6. The molecule has 0 unspecified atom stereocenters. The average molecular weight is 251 g/mol. The van der Waals surface area contributed by atoms with E-state index in [0.717, 1.165) is 28.1 Å². The molecule has 2 aromatic rings. The zero-order valence-corrected chi connectivity index (χ0v) is 11.4. The van der Waals surface area contributed by atoms with Gasteiger partial charge >= 0.3 is 0 Å². The van der Waals surface area contributed by atoms with Crippen LogP contribution in [0.2, 0.25) is 0 Å². The molecule has 17 heavy (non-hydrogen) atoms. The van der Waals surface area contributed by atoms with Crippen LogP contribution in [0.1, 0.15) is 19.5 Å². The number of aromatic nitrogens is 4. The zero-order chi connectivity index (χ0) is 12.4. The molecule has 5 nitrogen and oxygen atoms in total. The highest BCUT2D eigenvalue weighted by atomic mass is 32.1. The third-order valence-corrected chi connectivity index (χ3v) is 3.21. The lowest BCUT2D eigenvalue weighted by atomic mass is 10.2. The summed E-state index contributed by atoms with van der Waals surface area (Å²) >= 11 is 1.56. The largest absolute Gasteiger partial charge is 0.360 e. The van der Waals surface area contributed by atoms with Crippen molar-refractivity contribution in [3.05, 3.63) is 11.8 Å². The molecular weight excluding hydrogens is 234 g/mol. The van der Waals surface area contributed by atoms with Crippen LogP contribution in [0.3, 0.4) is 0 Å². The van der Waals surface area contributed by atoms with Gasteiger partial charge in [-0.2, -0.15) is 5.10 Å². The first kappa shape index (κ1) is 12.0. The van der Waals surface area contributed by atoms with Gasteiger partial charge in [-0.1, -0.05) is 25.2 Å². The van der Waals surface area contributed by atoms with Crippen molar-refractivity contribution in [2.45, 2.75) is 20.8 Å². The van der Waals surface area contributed by atoms with Gasteiger partial charge in [-0.25, -0.2) is 0 Å². The van der Waals surface area contributed by atoms with Crippen molar-refractivity contribution >= 4 is 16.5 Å². The highest BCUT2D eigenvalue weighted by molar-refractivity contribution is 7.18. The Hall–Kier alpha value is -1.43. The summed E-state index contributed by atoms with van der Waals surface area (Å²) in [5.41, 5.74) is 2.01. The molecule has 0 aromatic carbocycles. The maximum Gasteiger partial charge on any atom is 0.206 e. The Labute approximate surface area is 105 Å². The fourth-order valence-electron chi connectivity index (χ4n) is 1.50. The van der Waals surface area contributed by atoms with Crippen LogP contribution in [0, 0.1) is 12.8 Å². The van der Waals surface area contributed by atoms with Gasteiger partial charge in [0.15, 0.2) is 5.01 Å². The normalized spacial score (nSPS) is 11.1. The summed E-state index contributed by atoms with van der Waals surface area (Å²) in [6, 6.07) is 2.02. The van der Waals surface area contributed by atoms with E-state index in [4.69, 9.17) is 0 Å². The van der Waals surface area contributed by atoms with Crippen molar-refractivity contribution in [3.63, 3.8) is 0 Å². The molecule has 0 amide bonds. The topological polar surface area (TPSA) is 55.6 Å². The van der Waals surface area contributed by atoms with Gasteiger partial charge in [-0.3, -0.25) is 4.68 Å². The van der Waals surface area contributed by atoms with E-state index in [2.05, 4.69) is 34.5 Å². The number of nitrogens with one attached hydrogen (secondary N) is 1. The Balaban J connectivity index is 2.15. The number of hydrogen-bond acceptors (Lipinski definition) is 5. The maximum atomic E-state index is 4.31. The van der Waals surface area contributed by atoms with Crippen molar-refractivity contribution in [3.8, 4) is 10.7 Å². The highest BCUT2D eigenvalue weighted by Gasteiger charge is 2.11. The van der Waals surface area contributed by atoms with Crippen molar-refractivity contribution in [2.24, 2.45) is 13.0 Å². The van der Waals surface area contributed by atoms with Crippen LogP contribution in [0.15, 0.2) is 6.07 Å². The summed E-state index contributed by atoms with van der Waals surface area (Å²) in [7, 11) is 1.92. The number of aryl methyl sites for hydroxylation is 2. The van der Waals surface area contributed by atoms with Crippen molar-refractivity contribution in [2.75, 3.05) is 11.9 Å². The van der Waals surface area contributed by atoms with Crippen LogP contribution in [0.4, 0.5) is 5.13 Å².